The van der Waals surface area contributed by atoms with E-state index in [1.807, 2.05) is 13.8 Å². The molecule has 1 fully saturated rings. The van der Waals surface area contributed by atoms with Gasteiger partial charge in [0, 0.05) is 19.3 Å². The maximum atomic E-state index is 12.5. The first kappa shape index (κ1) is 12.9. The molecule has 1 rings (SSSR count). The van der Waals surface area contributed by atoms with E-state index in [2.05, 4.69) is 0 Å². The van der Waals surface area contributed by atoms with Gasteiger partial charge in [0.15, 0.2) is 0 Å². The van der Waals surface area contributed by atoms with Crippen molar-refractivity contribution in [3.8, 4) is 0 Å². The van der Waals surface area contributed by atoms with Crippen molar-refractivity contribution in [1.82, 2.24) is 0 Å². The maximum Gasteiger partial charge on any atom is 0.321 e. The molecule has 0 aromatic rings. The monoisotopic (exact) mass is 238 g/mol. The molecule has 1 unspecified atom stereocenters. The minimum Gasteiger partial charge on any atom is -0.300 e. The first-order valence-corrected chi connectivity index (χ1v) is 5.67. The number of alkyl halides is 3. The Morgan fingerprint density at radius 2 is 2.13 bits per heavy atom. The van der Waals surface area contributed by atoms with Crippen molar-refractivity contribution in [3.05, 3.63) is 0 Å². The average Bonchev–Trinajstić information content (AvgIpc) is 2.05. The number of Topliss-reactive ketones (excluding diaryl/α,β-unsaturated/α-hetero) is 1. The van der Waals surface area contributed by atoms with Gasteiger partial charge in [-0.25, -0.2) is 0 Å². The highest BCUT2D eigenvalue weighted by molar-refractivity contribution is 6.21. The molecular formula is C11H17ClF2O. The fourth-order valence-electron chi connectivity index (χ4n) is 2.15. The van der Waals surface area contributed by atoms with Crippen LogP contribution in [0.25, 0.3) is 0 Å². The third kappa shape index (κ3) is 4.06. The maximum absolute atomic E-state index is 12.5. The topological polar surface area (TPSA) is 17.1 Å². The van der Waals surface area contributed by atoms with Crippen LogP contribution < -0.4 is 0 Å². The molecule has 0 aromatic heterocycles. The number of carbonyl (C=O) groups is 1. The summed E-state index contributed by atoms with van der Waals surface area (Å²) >= 11 is 4.86. The third-order valence-electron chi connectivity index (χ3n) is 3.40. The predicted octanol–water partition coefficient (Wildman–Crippen LogP) is 3.99. The van der Waals surface area contributed by atoms with E-state index >= 15 is 0 Å². The van der Waals surface area contributed by atoms with Crippen LogP contribution in [0.1, 0.15) is 46.0 Å². The predicted molar refractivity (Wildman–Crippen MR) is 56.2 cm³/mol. The van der Waals surface area contributed by atoms with Gasteiger partial charge in [0.1, 0.15) is 5.78 Å². The summed E-state index contributed by atoms with van der Waals surface area (Å²) in [4.78, 5) is 11.3. The van der Waals surface area contributed by atoms with Gasteiger partial charge < -0.3 is 0 Å². The van der Waals surface area contributed by atoms with Gasteiger partial charge in [-0.15, -0.1) is 0 Å². The summed E-state index contributed by atoms with van der Waals surface area (Å²) in [5, 5.41) is -3.13. The SMILES string of the molecule is CC1(C)CCC(=O)CC1CCC(F)(F)Cl. The van der Waals surface area contributed by atoms with E-state index in [0.717, 1.165) is 6.42 Å². The van der Waals surface area contributed by atoms with Gasteiger partial charge in [0.25, 0.3) is 0 Å². The Balaban J connectivity index is 2.54. The molecule has 0 amide bonds. The number of ketones is 1. The van der Waals surface area contributed by atoms with Crippen molar-refractivity contribution >= 4 is 17.4 Å². The molecule has 0 saturated heterocycles. The van der Waals surface area contributed by atoms with Crippen molar-refractivity contribution in [1.29, 1.82) is 0 Å². The zero-order chi connectivity index (χ0) is 11.7. The summed E-state index contributed by atoms with van der Waals surface area (Å²) in [5.74, 6) is 0.237. The van der Waals surface area contributed by atoms with Crippen molar-refractivity contribution in [2.75, 3.05) is 0 Å². The van der Waals surface area contributed by atoms with E-state index in [9.17, 15) is 13.6 Å². The van der Waals surface area contributed by atoms with Crippen LogP contribution in [-0.4, -0.2) is 11.2 Å². The van der Waals surface area contributed by atoms with Crippen LogP contribution >= 0.6 is 11.6 Å². The highest BCUT2D eigenvalue weighted by Gasteiger charge is 2.37. The van der Waals surface area contributed by atoms with Crippen LogP contribution in [0.5, 0.6) is 0 Å². The zero-order valence-corrected chi connectivity index (χ0v) is 9.91. The third-order valence-corrected chi connectivity index (χ3v) is 3.59. The Labute approximate surface area is 94.2 Å². The van der Waals surface area contributed by atoms with Crippen molar-refractivity contribution in [2.45, 2.75) is 51.3 Å². The van der Waals surface area contributed by atoms with Gasteiger partial charge in [-0.3, -0.25) is 4.79 Å². The molecule has 0 N–H and O–H groups in total. The van der Waals surface area contributed by atoms with E-state index < -0.39 is 5.38 Å². The molecule has 0 spiro atoms. The summed E-state index contributed by atoms with van der Waals surface area (Å²) in [5.41, 5.74) is -0.0178. The van der Waals surface area contributed by atoms with Crippen molar-refractivity contribution in [2.24, 2.45) is 11.3 Å². The lowest BCUT2D eigenvalue weighted by Crippen LogP contribution is -2.32. The highest BCUT2D eigenvalue weighted by atomic mass is 35.5. The molecule has 0 aliphatic heterocycles. The number of hydrogen-bond donors (Lipinski definition) is 0. The minimum atomic E-state index is -3.13. The number of hydrogen-bond acceptors (Lipinski definition) is 1. The van der Waals surface area contributed by atoms with Gasteiger partial charge >= 0.3 is 5.38 Å². The van der Waals surface area contributed by atoms with Crippen LogP contribution in [0.4, 0.5) is 8.78 Å². The second-order valence-electron chi connectivity index (χ2n) is 5.08. The molecule has 4 heteroatoms. The molecule has 0 heterocycles. The van der Waals surface area contributed by atoms with Gasteiger partial charge in [-0.05, 0) is 35.8 Å². The number of carbonyl (C=O) groups excluding carboxylic acids is 1. The van der Waals surface area contributed by atoms with Crippen LogP contribution in [-0.2, 0) is 4.79 Å². The largest absolute Gasteiger partial charge is 0.321 e. The fraction of sp³-hybridized carbons (Fsp3) is 0.909. The van der Waals surface area contributed by atoms with E-state index in [1.54, 1.807) is 0 Å². The number of halogens is 3. The first-order chi connectivity index (χ1) is 6.71. The summed E-state index contributed by atoms with van der Waals surface area (Å²) in [7, 11) is 0. The molecule has 0 bridgehead atoms. The molecular weight excluding hydrogens is 222 g/mol. The normalized spacial score (nSPS) is 26.7. The molecule has 1 nitrogen and oxygen atoms in total. The fourth-order valence-corrected chi connectivity index (χ4v) is 2.26. The molecule has 1 aliphatic carbocycles. The average molecular weight is 239 g/mol. The summed E-state index contributed by atoms with van der Waals surface area (Å²) in [6.07, 6.45) is 1.80. The lowest BCUT2D eigenvalue weighted by molar-refractivity contribution is -0.124. The highest BCUT2D eigenvalue weighted by Crippen LogP contribution is 2.43. The van der Waals surface area contributed by atoms with Gasteiger partial charge in [0.05, 0.1) is 0 Å². The number of rotatable bonds is 3. The quantitative estimate of drug-likeness (QED) is 0.680. The van der Waals surface area contributed by atoms with Crippen LogP contribution in [0.2, 0.25) is 0 Å². The van der Waals surface area contributed by atoms with Crippen molar-refractivity contribution in [3.63, 3.8) is 0 Å². The smallest absolute Gasteiger partial charge is 0.300 e. The molecule has 88 valence electrons. The molecule has 1 saturated carbocycles. The Hall–Kier alpha value is -0.180. The molecule has 15 heavy (non-hydrogen) atoms. The second-order valence-corrected chi connectivity index (χ2v) is 5.64. The van der Waals surface area contributed by atoms with E-state index in [1.165, 1.54) is 0 Å². The van der Waals surface area contributed by atoms with Crippen LogP contribution in [0, 0.1) is 11.3 Å². The Bertz CT molecular complexity index is 245. The summed E-state index contributed by atoms with van der Waals surface area (Å²) < 4.78 is 25.0. The first-order valence-electron chi connectivity index (χ1n) is 5.29. The van der Waals surface area contributed by atoms with E-state index in [4.69, 9.17) is 11.6 Å². The Morgan fingerprint density at radius 1 is 1.53 bits per heavy atom. The van der Waals surface area contributed by atoms with Crippen molar-refractivity contribution < 1.29 is 13.6 Å². The van der Waals surface area contributed by atoms with E-state index in [0.29, 0.717) is 19.3 Å². The molecule has 0 aromatic carbocycles. The van der Waals surface area contributed by atoms with Crippen LogP contribution in [0.15, 0.2) is 0 Å². The standard InChI is InChI=1S/C11H17ClF2O/c1-10(2)5-4-9(15)7-8(10)3-6-11(12,13)14/h8H,3-7H2,1-2H3. The Morgan fingerprint density at radius 3 is 2.67 bits per heavy atom. The van der Waals surface area contributed by atoms with Gasteiger partial charge in [-0.2, -0.15) is 8.78 Å². The molecule has 1 aliphatic rings. The van der Waals surface area contributed by atoms with Gasteiger partial charge in [0.2, 0.25) is 0 Å². The van der Waals surface area contributed by atoms with Crippen LogP contribution in [0.3, 0.4) is 0 Å². The summed E-state index contributed by atoms with van der Waals surface area (Å²) in [6.45, 7) is 4.08. The summed E-state index contributed by atoms with van der Waals surface area (Å²) in [6, 6.07) is 0. The van der Waals surface area contributed by atoms with Gasteiger partial charge in [-0.1, -0.05) is 13.8 Å². The lowest BCUT2D eigenvalue weighted by Gasteiger charge is -2.38. The molecule has 1 atom stereocenters. The second kappa shape index (κ2) is 4.36. The molecule has 0 radical (unpaired) electrons. The lowest BCUT2D eigenvalue weighted by atomic mass is 9.67. The van der Waals surface area contributed by atoms with E-state index in [-0.39, 0.29) is 23.5 Å². The zero-order valence-electron chi connectivity index (χ0n) is 9.16. The minimum absolute atomic E-state index is 0.0178. The Kier molecular flexibility index (Phi) is 3.75.